The third-order valence-corrected chi connectivity index (χ3v) is 3.23. The zero-order valence-electron chi connectivity index (χ0n) is 12.0. The molecule has 1 aromatic carbocycles. The number of benzene rings is 1. The Bertz CT molecular complexity index is 534. The monoisotopic (exact) mass is 272 g/mol. The van der Waals surface area contributed by atoms with Gasteiger partial charge >= 0.3 is 0 Å². The molecule has 1 aliphatic heterocycles. The number of ether oxygens (including phenoxy) is 2. The average Bonchev–Trinajstić information content (AvgIpc) is 2.79. The van der Waals surface area contributed by atoms with E-state index in [2.05, 4.69) is 18.0 Å². The van der Waals surface area contributed by atoms with Crippen LogP contribution in [0.5, 0.6) is 11.5 Å². The van der Waals surface area contributed by atoms with Gasteiger partial charge in [-0.15, -0.1) is 6.58 Å². The normalized spacial score (nSPS) is 17.8. The molecular formula is C16H20N2O2. The third-order valence-electron chi connectivity index (χ3n) is 3.23. The second-order valence-corrected chi connectivity index (χ2v) is 4.82. The van der Waals surface area contributed by atoms with Gasteiger partial charge in [0.05, 0.1) is 12.7 Å². The number of rotatable bonds is 6. The molecule has 0 saturated heterocycles. The molecule has 0 aliphatic carbocycles. The summed E-state index contributed by atoms with van der Waals surface area (Å²) in [5, 5.41) is 12.5. The van der Waals surface area contributed by atoms with E-state index in [1.807, 2.05) is 26.0 Å². The summed E-state index contributed by atoms with van der Waals surface area (Å²) in [4.78, 5) is 0. The van der Waals surface area contributed by atoms with Crippen LogP contribution in [-0.2, 0) is 6.42 Å². The first-order valence-electron chi connectivity index (χ1n) is 6.89. The van der Waals surface area contributed by atoms with E-state index in [9.17, 15) is 5.26 Å². The highest BCUT2D eigenvalue weighted by molar-refractivity contribution is 5.51. The lowest BCUT2D eigenvalue weighted by atomic mass is 10.0. The Morgan fingerprint density at radius 1 is 1.65 bits per heavy atom. The molecule has 0 amide bonds. The molecule has 2 unspecified atom stereocenters. The van der Waals surface area contributed by atoms with Gasteiger partial charge in [-0.1, -0.05) is 6.08 Å². The molecule has 106 valence electrons. The van der Waals surface area contributed by atoms with Crippen molar-refractivity contribution >= 4 is 0 Å². The van der Waals surface area contributed by atoms with Crippen LogP contribution < -0.4 is 14.8 Å². The fourth-order valence-electron chi connectivity index (χ4n) is 2.39. The van der Waals surface area contributed by atoms with Crippen molar-refractivity contribution in [3.63, 3.8) is 0 Å². The van der Waals surface area contributed by atoms with Crippen LogP contribution in [-0.4, -0.2) is 19.3 Å². The molecule has 0 saturated carbocycles. The van der Waals surface area contributed by atoms with E-state index in [1.165, 1.54) is 0 Å². The van der Waals surface area contributed by atoms with E-state index in [-0.39, 0.29) is 6.10 Å². The maximum atomic E-state index is 9.36. The lowest BCUT2D eigenvalue weighted by Crippen LogP contribution is -2.20. The molecule has 0 spiro atoms. The second kappa shape index (κ2) is 6.44. The van der Waals surface area contributed by atoms with Crippen molar-refractivity contribution in [3.8, 4) is 17.6 Å². The Labute approximate surface area is 120 Å². The highest BCUT2D eigenvalue weighted by atomic mass is 16.5. The van der Waals surface area contributed by atoms with E-state index in [0.29, 0.717) is 13.2 Å². The minimum atomic E-state index is -0.431. The largest absolute Gasteiger partial charge is 0.493 e. The third kappa shape index (κ3) is 2.94. The fraction of sp³-hybridized carbons (Fsp3) is 0.438. The van der Waals surface area contributed by atoms with Gasteiger partial charge < -0.3 is 9.47 Å². The highest BCUT2D eigenvalue weighted by Crippen LogP contribution is 2.37. The van der Waals surface area contributed by atoms with Crippen molar-refractivity contribution in [2.45, 2.75) is 32.4 Å². The minimum absolute atomic E-state index is 0.177. The zero-order chi connectivity index (χ0) is 14.5. The predicted octanol–water partition coefficient (Wildman–Crippen LogP) is 2.75. The molecule has 0 aromatic heterocycles. The Balaban J connectivity index is 2.37. The van der Waals surface area contributed by atoms with Crippen LogP contribution in [0, 0.1) is 11.3 Å². The minimum Gasteiger partial charge on any atom is -0.493 e. The molecule has 2 atom stereocenters. The Morgan fingerprint density at radius 2 is 2.45 bits per heavy atom. The molecule has 1 N–H and O–H groups in total. The number of nitrogens with zero attached hydrogens (tertiary/aromatic N) is 1. The van der Waals surface area contributed by atoms with Crippen LogP contribution >= 0.6 is 0 Å². The van der Waals surface area contributed by atoms with Crippen LogP contribution in [0.15, 0.2) is 24.8 Å². The maximum absolute atomic E-state index is 9.36. The van der Waals surface area contributed by atoms with E-state index in [0.717, 1.165) is 29.0 Å². The Morgan fingerprint density at radius 3 is 3.10 bits per heavy atom. The molecule has 4 nitrogen and oxygen atoms in total. The molecule has 2 rings (SSSR count). The van der Waals surface area contributed by atoms with Gasteiger partial charge in [-0.2, -0.15) is 5.26 Å². The predicted molar refractivity (Wildman–Crippen MR) is 78.0 cm³/mol. The van der Waals surface area contributed by atoms with E-state index in [1.54, 1.807) is 6.08 Å². The van der Waals surface area contributed by atoms with Crippen molar-refractivity contribution in [2.24, 2.45) is 0 Å². The van der Waals surface area contributed by atoms with Gasteiger partial charge in [0, 0.05) is 24.1 Å². The first kappa shape index (κ1) is 14.4. The van der Waals surface area contributed by atoms with Gasteiger partial charge in [0.1, 0.15) is 23.6 Å². The summed E-state index contributed by atoms with van der Waals surface area (Å²) in [6.45, 7) is 8.78. The van der Waals surface area contributed by atoms with Crippen LogP contribution in [0.4, 0.5) is 0 Å². The molecule has 1 aliphatic rings. The summed E-state index contributed by atoms with van der Waals surface area (Å²) in [7, 11) is 0. The summed E-state index contributed by atoms with van der Waals surface area (Å²) in [6, 6.07) is 5.75. The molecule has 1 heterocycles. The lowest BCUT2D eigenvalue weighted by molar-refractivity contribution is 0.254. The average molecular weight is 272 g/mol. The zero-order valence-corrected chi connectivity index (χ0v) is 12.0. The maximum Gasteiger partial charge on any atom is 0.125 e. The SMILES string of the molecule is C=CCNC(C#N)c1cc2c(cc1OCC)CC(C)O2. The Hall–Kier alpha value is -1.99. The smallest absolute Gasteiger partial charge is 0.125 e. The van der Waals surface area contributed by atoms with Crippen molar-refractivity contribution in [1.82, 2.24) is 5.32 Å². The first-order valence-corrected chi connectivity index (χ1v) is 6.89. The van der Waals surface area contributed by atoms with Crippen LogP contribution in [0.2, 0.25) is 0 Å². The molecule has 0 radical (unpaired) electrons. The van der Waals surface area contributed by atoms with Gasteiger partial charge in [0.15, 0.2) is 0 Å². The summed E-state index contributed by atoms with van der Waals surface area (Å²) in [5.74, 6) is 1.61. The van der Waals surface area contributed by atoms with Gasteiger partial charge in [0.25, 0.3) is 0 Å². The van der Waals surface area contributed by atoms with Gasteiger partial charge in [-0.25, -0.2) is 0 Å². The van der Waals surface area contributed by atoms with Crippen molar-refractivity contribution in [2.75, 3.05) is 13.2 Å². The summed E-state index contributed by atoms with van der Waals surface area (Å²) < 4.78 is 11.5. The molecule has 0 bridgehead atoms. The van der Waals surface area contributed by atoms with Gasteiger partial charge in [-0.3, -0.25) is 5.32 Å². The van der Waals surface area contributed by atoms with Crippen molar-refractivity contribution in [3.05, 3.63) is 35.9 Å². The second-order valence-electron chi connectivity index (χ2n) is 4.82. The number of nitriles is 1. The van der Waals surface area contributed by atoms with Gasteiger partial charge in [0.2, 0.25) is 0 Å². The van der Waals surface area contributed by atoms with Crippen molar-refractivity contribution in [1.29, 1.82) is 5.26 Å². The van der Waals surface area contributed by atoms with E-state index >= 15 is 0 Å². The quantitative estimate of drug-likeness (QED) is 0.809. The first-order chi connectivity index (χ1) is 9.69. The van der Waals surface area contributed by atoms with Crippen LogP contribution in [0.25, 0.3) is 0 Å². The molecule has 0 fully saturated rings. The van der Waals surface area contributed by atoms with Crippen LogP contribution in [0.1, 0.15) is 31.0 Å². The Kier molecular flexibility index (Phi) is 4.65. The summed E-state index contributed by atoms with van der Waals surface area (Å²) in [5.41, 5.74) is 1.97. The fourth-order valence-corrected chi connectivity index (χ4v) is 2.39. The van der Waals surface area contributed by atoms with E-state index < -0.39 is 6.04 Å². The summed E-state index contributed by atoms with van der Waals surface area (Å²) >= 11 is 0. The highest BCUT2D eigenvalue weighted by Gasteiger charge is 2.24. The van der Waals surface area contributed by atoms with E-state index in [4.69, 9.17) is 9.47 Å². The number of nitrogens with one attached hydrogen (secondary N) is 1. The molecule has 20 heavy (non-hydrogen) atoms. The number of hydrogen-bond acceptors (Lipinski definition) is 4. The lowest BCUT2D eigenvalue weighted by Gasteiger charge is -2.17. The molecule has 4 heteroatoms. The summed E-state index contributed by atoms with van der Waals surface area (Å²) in [6.07, 6.45) is 2.79. The number of fused-ring (bicyclic) bond motifs is 1. The topological polar surface area (TPSA) is 54.3 Å². The standard InChI is InChI=1S/C16H20N2O2/c1-4-6-18-14(10-17)13-9-15-12(7-11(3)20-15)8-16(13)19-5-2/h4,8-9,11,14,18H,1,5-7H2,2-3H3. The molecular weight excluding hydrogens is 252 g/mol. The van der Waals surface area contributed by atoms with Crippen molar-refractivity contribution < 1.29 is 9.47 Å². The number of hydrogen-bond donors (Lipinski definition) is 1. The molecule has 1 aromatic rings. The van der Waals surface area contributed by atoms with Crippen LogP contribution in [0.3, 0.4) is 0 Å². The van der Waals surface area contributed by atoms with Gasteiger partial charge in [-0.05, 0) is 26.0 Å².